The van der Waals surface area contributed by atoms with Gasteiger partial charge in [-0.1, -0.05) is 12.1 Å². The molecule has 2 aliphatic rings. The highest BCUT2D eigenvalue weighted by atomic mass is 19.1. The minimum atomic E-state index is -0.527. The first-order valence-electron chi connectivity index (χ1n) is 11.9. The number of carbonyl (C=O) groups is 2. The molecule has 3 aromatic carbocycles. The van der Waals surface area contributed by atoms with E-state index in [9.17, 15) is 14.0 Å². The van der Waals surface area contributed by atoms with Crippen LogP contribution in [0.1, 0.15) is 33.9 Å². The molecule has 38 heavy (non-hydrogen) atoms. The second-order valence-corrected chi connectivity index (χ2v) is 8.86. The smallest absolute Gasteiger partial charge is 0.262 e. The largest absolute Gasteiger partial charge is 0.497 e. The van der Waals surface area contributed by atoms with Gasteiger partial charge >= 0.3 is 0 Å². The van der Waals surface area contributed by atoms with Gasteiger partial charge in [0.15, 0.2) is 11.5 Å². The minimum Gasteiger partial charge on any atom is -0.497 e. The standard InChI is InChI=1S/C28H26FN3O6/c1-31(28(34)18-5-4-6-19(29)11-18)15-27(33)32-23(17-7-10-24-26(12-17)38-16-37-24)14-22(30-32)21-9-8-20(35-2)13-25(21)36-3/h4-13,23H,14-16H2,1-3H3/t23-/m1/s1. The first kappa shape index (κ1) is 25.1. The van der Waals surface area contributed by atoms with Gasteiger partial charge in [0.05, 0.1) is 26.0 Å². The van der Waals surface area contributed by atoms with E-state index < -0.39 is 23.7 Å². The molecule has 2 heterocycles. The summed E-state index contributed by atoms with van der Waals surface area (Å²) >= 11 is 0. The van der Waals surface area contributed by atoms with Gasteiger partial charge < -0.3 is 23.8 Å². The van der Waals surface area contributed by atoms with Crippen molar-refractivity contribution in [3.63, 3.8) is 0 Å². The Balaban J connectivity index is 1.45. The molecule has 196 valence electrons. The maximum absolute atomic E-state index is 13.6. The Kier molecular flexibility index (Phi) is 6.87. The Morgan fingerprint density at radius 2 is 1.87 bits per heavy atom. The normalized spacial score (nSPS) is 15.7. The molecule has 0 saturated carbocycles. The van der Waals surface area contributed by atoms with Crippen LogP contribution in [0.25, 0.3) is 0 Å². The molecule has 2 aliphatic heterocycles. The topological polar surface area (TPSA) is 89.9 Å². The molecule has 0 aliphatic carbocycles. The lowest BCUT2D eigenvalue weighted by Crippen LogP contribution is -2.39. The van der Waals surface area contributed by atoms with Crippen molar-refractivity contribution in [2.75, 3.05) is 34.6 Å². The number of fused-ring (bicyclic) bond motifs is 1. The summed E-state index contributed by atoms with van der Waals surface area (Å²) < 4.78 is 35.5. The van der Waals surface area contributed by atoms with Crippen LogP contribution in [-0.2, 0) is 4.79 Å². The maximum Gasteiger partial charge on any atom is 0.262 e. The number of nitrogens with zero attached hydrogens (tertiary/aromatic N) is 3. The van der Waals surface area contributed by atoms with E-state index in [1.165, 1.54) is 35.2 Å². The Bertz CT molecular complexity index is 1430. The molecule has 10 heteroatoms. The van der Waals surface area contributed by atoms with Crippen LogP contribution in [0.3, 0.4) is 0 Å². The zero-order valence-corrected chi connectivity index (χ0v) is 21.1. The lowest BCUT2D eigenvalue weighted by molar-refractivity contribution is -0.133. The summed E-state index contributed by atoms with van der Waals surface area (Å²) in [5.74, 6) is 0.995. The van der Waals surface area contributed by atoms with Gasteiger partial charge in [-0.25, -0.2) is 9.40 Å². The fourth-order valence-electron chi connectivity index (χ4n) is 4.51. The number of hydrazone groups is 1. The Hall–Kier alpha value is -4.60. The predicted molar refractivity (Wildman–Crippen MR) is 136 cm³/mol. The van der Waals surface area contributed by atoms with Gasteiger partial charge in [0.25, 0.3) is 11.8 Å². The molecule has 1 atom stereocenters. The third-order valence-electron chi connectivity index (χ3n) is 6.46. The highest BCUT2D eigenvalue weighted by Gasteiger charge is 2.35. The predicted octanol–water partition coefficient (Wildman–Crippen LogP) is 4.02. The lowest BCUT2D eigenvalue weighted by Gasteiger charge is -2.25. The van der Waals surface area contributed by atoms with Crippen molar-refractivity contribution in [2.24, 2.45) is 5.10 Å². The lowest BCUT2D eigenvalue weighted by atomic mass is 9.97. The number of methoxy groups -OCH3 is 2. The molecule has 0 fully saturated rings. The second-order valence-electron chi connectivity index (χ2n) is 8.86. The molecule has 0 saturated heterocycles. The fourth-order valence-corrected chi connectivity index (χ4v) is 4.51. The summed E-state index contributed by atoms with van der Waals surface area (Å²) in [6, 6.07) is 15.8. The molecule has 3 aromatic rings. The van der Waals surface area contributed by atoms with E-state index in [1.54, 1.807) is 32.4 Å². The van der Waals surface area contributed by atoms with Crippen LogP contribution in [0.5, 0.6) is 23.0 Å². The zero-order chi connectivity index (χ0) is 26.8. The van der Waals surface area contributed by atoms with Crippen LogP contribution in [0.4, 0.5) is 4.39 Å². The molecular formula is C28H26FN3O6. The number of likely N-dealkylation sites (N-methyl/N-ethyl adjacent to an activating group) is 1. The van der Waals surface area contributed by atoms with Crippen LogP contribution in [-0.4, -0.2) is 62.0 Å². The van der Waals surface area contributed by atoms with Crippen molar-refractivity contribution in [3.05, 3.63) is 83.2 Å². The molecule has 0 radical (unpaired) electrons. The van der Waals surface area contributed by atoms with Gasteiger partial charge in [-0.3, -0.25) is 9.59 Å². The molecule has 0 bridgehead atoms. The number of carbonyl (C=O) groups excluding carboxylic acids is 2. The van der Waals surface area contributed by atoms with Crippen LogP contribution in [0.2, 0.25) is 0 Å². The number of rotatable bonds is 7. The van der Waals surface area contributed by atoms with E-state index >= 15 is 0 Å². The van der Waals surface area contributed by atoms with Crippen LogP contribution < -0.4 is 18.9 Å². The van der Waals surface area contributed by atoms with Gasteiger partial charge in [-0.05, 0) is 48.0 Å². The van der Waals surface area contributed by atoms with Gasteiger partial charge in [0.2, 0.25) is 6.79 Å². The van der Waals surface area contributed by atoms with Crippen molar-refractivity contribution in [1.82, 2.24) is 9.91 Å². The number of hydrogen-bond donors (Lipinski definition) is 0. The van der Waals surface area contributed by atoms with Gasteiger partial charge in [-0.2, -0.15) is 5.10 Å². The number of ether oxygens (including phenoxy) is 4. The van der Waals surface area contributed by atoms with Crippen LogP contribution in [0.15, 0.2) is 65.8 Å². The molecule has 0 N–H and O–H groups in total. The van der Waals surface area contributed by atoms with Gasteiger partial charge in [-0.15, -0.1) is 0 Å². The molecule has 2 amide bonds. The van der Waals surface area contributed by atoms with E-state index in [4.69, 9.17) is 18.9 Å². The molecule has 9 nitrogen and oxygen atoms in total. The fraction of sp³-hybridized carbons (Fsp3) is 0.250. The zero-order valence-electron chi connectivity index (χ0n) is 21.1. The van der Waals surface area contributed by atoms with E-state index in [0.717, 1.165) is 17.2 Å². The van der Waals surface area contributed by atoms with Gasteiger partial charge in [0, 0.05) is 30.7 Å². The molecular weight excluding hydrogens is 493 g/mol. The molecule has 0 spiro atoms. The summed E-state index contributed by atoms with van der Waals surface area (Å²) in [6.07, 6.45) is 0.398. The van der Waals surface area contributed by atoms with E-state index in [0.29, 0.717) is 35.1 Å². The Morgan fingerprint density at radius 3 is 2.63 bits per heavy atom. The first-order chi connectivity index (χ1) is 18.4. The summed E-state index contributed by atoms with van der Waals surface area (Å²) in [4.78, 5) is 27.6. The maximum atomic E-state index is 13.6. The average Bonchev–Trinajstić information content (AvgIpc) is 3.59. The highest BCUT2D eigenvalue weighted by molar-refractivity contribution is 6.05. The van der Waals surface area contributed by atoms with Crippen molar-refractivity contribution >= 4 is 17.5 Å². The average molecular weight is 520 g/mol. The van der Waals surface area contributed by atoms with E-state index in [1.807, 2.05) is 18.2 Å². The number of halogens is 1. The second kappa shape index (κ2) is 10.4. The number of hydrogen-bond acceptors (Lipinski definition) is 7. The minimum absolute atomic E-state index is 0.129. The highest BCUT2D eigenvalue weighted by Crippen LogP contribution is 2.40. The summed E-state index contributed by atoms with van der Waals surface area (Å²) in [5.41, 5.74) is 2.31. The SMILES string of the molecule is COc1ccc(C2=NN(C(=O)CN(C)C(=O)c3cccc(F)c3)[C@@H](c3ccc4c(c3)OCO4)C2)c(OC)c1. The van der Waals surface area contributed by atoms with Crippen molar-refractivity contribution in [3.8, 4) is 23.0 Å². The molecule has 5 rings (SSSR count). The van der Waals surface area contributed by atoms with Crippen molar-refractivity contribution < 1.29 is 32.9 Å². The summed E-state index contributed by atoms with van der Waals surface area (Å²) in [5, 5.41) is 6.06. The van der Waals surface area contributed by atoms with E-state index in [-0.39, 0.29) is 18.9 Å². The van der Waals surface area contributed by atoms with Crippen molar-refractivity contribution in [1.29, 1.82) is 0 Å². The van der Waals surface area contributed by atoms with Crippen molar-refractivity contribution in [2.45, 2.75) is 12.5 Å². The Morgan fingerprint density at radius 1 is 1.05 bits per heavy atom. The van der Waals surface area contributed by atoms with Gasteiger partial charge in [0.1, 0.15) is 23.9 Å². The third-order valence-corrected chi connectivity index (χ3v) is 6.46. The molecule has 0 aromatic heterocycles. The van der Waals surface area contributed by atoms with Crippen LogP contribution in [0, 0.1) is 5.82 Å². The monoisotopic (exact) mass is 519 g/mol. The summed E-state index contributed by atoms with van der Waals surface area (Å²) in [6.45, 7) is -0.128. The number of benzene rings is 3. The molecule has 0 unspecified atom stereocenters. The third kappa shape index (κ3) is 4.84. The van der Waals surface area contributed by atoms with Crippen LogP contribution >= 0.6 is 0 Å². The number of amides is 2. The Labute approximate surface area is 219 Å². The van der Waals surface area contributed by atoms with E-state index in [2.05, 4.69) is 5.10 Å². The quantitative estimate of drug-likeness (QED) is 0.469. The summed E-state index contributed by atoms with van der Waals surface area (Å²) in [7, 11) is 4.62. The first-order valence-corrected chi connectivity index (χ1v) is 11.9.